The number of piperazine rings is 1. The van der Waals surface area contributed by atoms with E-state index in [0.29, 0.717) is 45.8 Å². The predicted molar refractivity (Wildman–Crippen MR) is 76.8 cm³/mol. The third-order valence-corrected chi connectivity index (χ3v) is 3.48. The zero-order valence-electron chi connectivity index (χ0n) is 12.6. The highest BCUT2D eigenvalue weighted by Crippen LogP contribution is 2.06. The van der Waals surface area contributed by atoms with Crippen molar-refractivity contribution in [1.82, 2.24) is 19.6 Å². The van der Waals surface area contributed by atoms with E-state index in [1.54, 1.807) is 27.6 Å². The van der Waals surface area contributed by atoms with Crippen LogP contribution in [0.1, 0.15) is 18.9 Å². The van der Waals surface area contributed by atoms with Crippen molar-refractivity contribution in [2.24, 2.45) is 0 Å². The molecule has 2 amide bonds. The lowest BCUT2D eigenvalue weighted by Crippen LogP contribution is -2.50. The number of carbonyl (C=O) groups excluding carboxylic acids is 2. The van der Waals surface area contributed by atoms with Crippen molar-refractivity contribution in [1.29, 1.82) is 0 Å². The maximum atomic E-state index is 12.1. The summed E-state index contributed by atoms with van der Waals surface area (Å²) >= 11 is 0. The zero-order valence-corrected chi connectivity index (χ0v) is 12.6. The van der Waals surface area contributed by atoms with Crippen LogP contribution in [0.2, 0.25) is 0 Å². The van der Waals surface area contributed by atoms with E-state index < -0.39 is 0 Å². The maximum Gasteiger partial charge on any atom is 0.409 e. The third kappa shape index (κ3) is 4.21. The summed E-state index contributed by atoms with van der Waals surface area (Å²) in [5.41, 5.74) is 1.09. The summed E-state index contributed by atoms with van der Waals surface area (Å²) in [6.07, 6.45) is 3.84. The lowest BCUT2D eigenvalue weighted by atomic mass is 10.3. The van der Waals surface area contributed by atoms with Crippen molar-refractivity contribution in [3.05, 3.63) is 18.0 Å². The van der Waals surface area contributed by atoms with Gasteiger partial charge in [-0.25, -0.2) is 4.79 Å². The molecular formula is C14H22N4O3. The summed E-state index contributed by atoms with van der Waals surface area (Å²) in [4.78, 5) is 27.1. The summed E-state index contributed by atoms with van der Waals surface area (Å²) in [5.74, 6) is 0.103. The Kier molecular flexibility index (Phi) is 5.19. The van der Waals surface area contributed by atoms with Crippen molar-refractivity contribution in [3.63, 3.8) is 0 Å². The van der Waals surface area contributed by atoms with E-state index in [-0.39, 0.29) is 12.0 Å². The number of aromatic nitrogens is 2. The van der Waals surface area contributed by atoms with Gasteiger partial charge in [0.2, 0.25) is 5.91 Å². The lowest BCUT2D eigenvalue weighted by Gasteiger charge is -2.34. The van der Waals surface area contributed by atoms with Crippen LogP contribution in [0.3, 0.4) is 0 Å². The molecule has 0 saturated carbocycles. The molecular weight excluding hydrogens is 272 g/mol. The van der Waals surface area contributed by atoms with E-state index in [1.165, 1.54) is 0 Å². The van der Waals surface area contributed by atoms with Crippen LogP contribution in [-0.4, -0.2) is 64.4 Å². The summed E-state index contributed by atoms with van der Waals surface area (Å²) in [6.45, 7) is 6.92. The number of hydrogen-bond acceptors (Lipinski definition) is 4. The Morgan fingerprint density at radius 2 is 1.90 bits per heavy atom. The molecule has 1 aromatic heterocycles. The van der Waals surface area contributed by atoms with Crippen LogP contribution >= 0.6 is 0 Å². The number of hydrogen-bond donors (Lipinski definition) is 0. The molecule has 1 fully saturated rings. The quantitative estimate of drug-likeness (QED) is 0.827. The highest BCUT2D eigenvalue weighted by molar-refractivity contribution is 5.76. The third-order valence-electron chi connectivity index (χ3n) is 3.48. The van der Waals surface area contributed by atoms with Gasteiger partial charge in [0.15, 0.2) is 0 Å². The van der Waals surface area contributed by atoms with Gasteiger partial charge in [0.05, 0.1) is 12.8 Å². The molecule has 116 valence electrons. The first-order chi connectivity index (χ1) is 10.1. The molecule has 1 aromatic rings. The first-order valence-electron chi connectivity index (χ1n) is 7.28. The Bertz CT molecular complexity index is 492. The molecule has 21 heavy (non-hydrogen) atoms. The van der Waals surface area contributed by atoms with Crippen LogP contribution in [0.25, 0.3) is 0 Å². The molecule has 0 bridgehead atoms. The number of amides is 2. The van der Waals surface area contributed by atoms with Gasteiger partial charge in [0.1, 0.15) is 0 Å². The predicted octanol–water partition coefficient (Wildman–Crippen LogP) is 0.882. The van der Waals surface area contributed by atoms with Crippen LogP contribution in [0.4, 0.5) is 4.79 Å². The molecule has 0 unspecified atom stereocenters. The van der Waals surface area contributed by atoms with E-state index in [9.17, 15) is 9.59 Å². The van der Waals surface area contributed by atoms with Crippen molar-refractivity contribution in [3.8, 4) is 0 Å². The smallest absolute Gasteiger partial charge is 0.409 e. The molecule has 0 aliphatic carbocycles. The average molecular weight is 294 g/mol. The van der Waals surface area contributed by atoms with Crippen molar-refractivity contribution < 1.29 is 14.3 Å². The van der Waals surface area contributed by atoms with Gasteiger partial charge in [-0.1, -0.05) is 0 Å². The Hall–Kier alpha value is -2.05. The van der Waals surface area contributed by atoms with E-state index in [4.69, 9.17) is 4.74 Å². The fourth-order valence-electron chi connectivity index (χ4n) is 2.31. The van der Waals surface area contributed by atoms with Crippen LogP contribution in [0, 0.1) is 6.92 Å². The summed E-state index contributed by atoms with van der Waals surface area (Å²) in [7, 11) is 0. The number of nitrogens with zero attached hydrogens (tertiary/aromatic N) is 4. The first-order valence-corrected chi connectivity index (χ1v) is 7.28. The molecule has 1 aliphatic heterocycles. The maximum absolute atomic E-state index is 12.1. The van der Waals surface area contributed by atoms with Gasteiger partial charge < -0.3 is 14.5 Å². The minimum Gasteiger partial charge on any atom is -0.450 e. The van der Waals surface area contributed by atoms with Crippen LogP contribution in [-0.2, 0) is 16.1 Å². The van der Waals surface area contributed by atoms with Crippen molar-refractivity contribution in [2.75, 3.05) is 32.8 Å². The van der Waals surface area contributed by atoms with Gasteiger partial charge in [0.25, 0.3) is 0 Å². The number of ether oxygens (including phenoxy) is 1. The van der Waals surface area contributed by atoms with E-state index in [0.717, 1.165) is 5.56 Å². The van der Waals surface area contributed by atoms with Crippen LogP contribution < -0.4 is 0 Å². The second kappa shape index (κ2) is 7.10. The molecule has 1 aliphatic rings. The van der Waals surface area contributed by atoms with Crippen molar-refractivity contribution >= 4 is 12.0 Å². The van der Waals surface area contributed by atoms with Gasteiger partial charge >= 0.3 is 6.09 Å². The number of aryl methyl sites for hydroxylation is 2. The SMILES string of the molecule is CCOC(=O)N1CCN(C(=O)CCn2cc(C)cn2)CC1. The molecule has 7 nitrogen and oxygen atoms in total. The van der Waals surface area contributed by atoms with Gasteiger partial charge in [-0.05, 0) is 19.4 Å². The largest absolute Gasteiger partial charge is 0.450 e. The number of carbonyl (C=O) groups is 2. The molecule has 0 radical (unpaired) electrons. The molecule has 2 heterocycles. The topological polar surface area (TPSA) is 67.7 Å². The molecule has 0 N–H and O–H groups in total. The Labute approximate surface area is 124 Å². The highest BCUT2D eigenvalue weighted by atomic mass is 16.6. The van der Waals surface area contributed by atoms with Gasteiger partial charge in [0, 0.05) is 45.3 Å². The first kappa shape index (κ1) is 15.3. The molecule has 1 saturated heterocycles. The van der Waals surface area contributed by atoms with E-state index in [2.05, 4.69) is 5.10 Å². The molecule has 0 atom stereocenters. The van der Waals surface area contributed by atoms with Crippen molar-refractivity contribution in [2.45, 2.75) is 26.8 Å². The fraction of sp³-hybridized carbons (Fsp3) is 0.643. The molecule has 0 spiro atoms. The molecule has 0 aromatic carbocycles. The highest BCUT2D eigenvalue weighted by Gasteiger charge is 2.24. The summed E-state index contributed by atoms with van der Waals surface area (Å²) in [6, 6.07) is 0. The second-order valence-corrected chi connectivity index (χ2v) is 5.10. The van der Waals surface area contributed by atoms with E-state index in [1.807, 2.05) is 13.1 Å². The normalized spacial score (nSPS) is 15.1. The Morgan fingerprint density at radius 3 is 2.48 bits per heavy atom. The summed E-state index contributed by atoms with van der Waals surface area (Å²) < 4.78 is 6.74. The minimum absolute atomic E-state index is 0.103. The summed E-state index contributed by atoms with van der Waals surface area (Å²) in [5, 5.41) is 4.17. The fourth-order valence-corrected chi connectivity index (χ4v) is 2.31. The Morgan fingerprint density at radius 1 is 1.24 bits per heavy atom. The zero-order chi connectivity index (χ0) is 15.2. The van der Waals surface area contributed by atoms with Gasteiger partial charge in [-0.15, -0.1) is 0 Å². The van der Waals surface area contributed by atoms with E-state index >= 15 is 0 Å². The van der Waals surface area contributed by atoms with Crippen LogP contribution in [0.5, 0.6) is 0 Å². The average Bonchev–Trinajstić information content (AvgIpc) is 2.91. The molecule has 2 rings (SSSR count). The second-order valence-electron chi connectivity index (χ2n) is 5.10. The Balaban J connectivity index is 1.74. The minimum atomic E-state index is -0.295. The standard InChI is InChI=1S/C14H22N4O3/c1-3-21-14(20)17-8-6-16(7-9-17)13(19)4-5-18-11-12(2)10-15-18/h10-11H,3-9H2,1-2H3. The molecule has 7 heteroatoms. The number of rotatable bonds is 4. The van der Waals surface area contributed by atoms with Crippen LogP contribution in [0.15, 0.2) is 12.4 Å². The van der Waals surface area contributed by atoms with Gasteiger partial charge in [-0.3, -0.25) is 9.48 Å². The lowest BCUT2D eigenvalue weighted by molar-refractivity contribution is -0.133. The van der Waals surface area contributed by atoms with Gasteiger partial charge in [-0.2, -0.15) is 5.10 Å². The monoisotopic (exact) mass is 294 g/mol.